The molecule has 2 aromatic rings. The van der Waals surface area contributed by atoms with Crippen molar-refractivity contribution in [3.05, 3.63) is 18.2 Å². The van der Waals surface area contributed by atoms with Gasteiger partial charge in [0.1, 0.15) is 11.3 Å². The van der Waals surface area contributed by atoms with E-state index in [2.05, 4.69) is 4.98 Å². The van der Waals surface area contributed by atoms with Crippen molar-refractivity contribution < 1.29 is 17.9 Å². The second kappa shape index (κ2) is 2.69. The first kappa shape index (κ1) is 8.97. The number of rotatable bonds is 1. The van der Waals surface area contributed by atoms with Crippen molar-refractivity contribution in [2.75, 3.05) is 0 Å². The molecule has 3 N–H and O–H groups in total. The van der Waals surface area contributed by atoms with Crippen LogP contribution in [0.25, 0.3) is 11.1 Å². The molecule has 7 heteroatoms. The highest BCUT2D eigenvalue weighted by molar-refractivity contribution is 7.88. The number of fused-ring (bicyclic) bond motifs is 1. The van der Waals surface area contributed by atoms with E-state index < -0.39 is 15.2 Å². The van der Waals surface area contributed by atoms with Crippen LogP contribution in [0.3, 0.4) is 0 Å². The maximum atomic E-state index is 10.8. The average Bonchev–Trinajstić information content (AvgIpc) is 2.45. The van der Waals surface area contributed by atoms with Gasteiger partial charge in [-0.05, 0) is 12.1 Å². The number of benzene rings is 1. The fourth-order valence-corrected chi connectivity index (χ4v) is 1.45. The maximum Gasteiger partial charge on any atom is 0.331 e. The third kappa shape index (κ3) is 1.42. The van der Waals surface area contributed by atoms with Crippen molar-refractivity contribution >= 4 is 21.1 Å². The summed E-state index contributed by atoms with van der Waals surface area (Å²) in [6.45, 7) is 0. The minimum atomic E-state index is -3.94. The Hall–Kier alpha value is -1.60. The van der Waals surface area contributed by atoms with Crippen molar-refractivity contribution in [1.29, 1.82) is 0 Å². The molecule has 74 valence electrons. The van der Waals surface area contributed by atoms with Crippen LogP contribution < -0.4 is 5.14 Å². The molecule has 0 saturated heterocycles. The van der Waals surface area contributed by atoms with E-state index in [1.165, 1.54) is 18.2 Å². The molecule has 0 saturated carbocycles. The predicted octanol–water partition coefficient (Wildman–Crippen LogP) is 0.181. The molecule has 0 amide bonds. The van der Waals surface area contributed by atoms with Gasteiger partial charge in [0.25, 0.3) is 10.0 Å². The molecule has 0 aliphatic heterocycles. The van der Waals surface area contributed by atoms with Crippen molar-refractivity contribution in [3.8, 4) is 5.75 Å². The summed E-state index contributed by atoms with van der Waals surface area (Å²) < 4.78 is 26.5. The normalized spacial score (nSPS) is 12.1. The SMILES string of the molecule is NS(=O)(=O)c1nc2cc(O)ccc2o1. The van der Waals surface area contributed by atoms with Crippen LogP contribution in [0.15, 0.2) is 27.8 Å². The zero-order valence-corrected chi connectivity index (χ0v) is 7.65. The smallest absolute Gasteiger partial charge is 0.331 e. The molecule has 14 heavy (non-hydrogen) atoms. The highest BCUT2D eigenvalue weighted by Crippen LogP contribution is 2.21. The molecular formula is C7H6N2O4S. The molecule has 0 bridgehead atoms. The molecular weight excluding hydrogens is 208 g/mol. The van der Waals surface area contributed by atoms with Gasteiger partial charge in [0.05, 0.1) is 0 Å². The number of oxazole rings is 1. The van der Waals surface area contributed by atoms with Crippen molar-refractivity contribution in [3.63, 3.8) is 0 Å². The third-order valence-electron chi connectivity index (χ3n) is 1.59. The first-order valence-corrected chi connectivity index (χ1v) is 5.14. The second-order valence-corrected chi connectivity index (χ2v) is 4.12. The van der Waals surface area contributed by atoms with E-state index in [4.69, 9.17) is 14.7 Å². The van der Waals surface area contributed by atoms with Crippen LogP contribution in [0.1, 0.15) is 0 Å². The quantitative estimate of drug-likeness (QED) is 0.704. The highest BCUT2D eigenvalue weighted by Gasteiger charge is 2.16. The Kier molecular flexibility index (Phi) is 1.73. The van der Waals surface area contributed by atoms with E-state index in [1.807, 2.05) is 0 Å². The fraction of sp³-hybridized carbons (Fsp3) is 0. The van der Waals surface area contributed by atoms with Gasteiger partial charge in [0, 0.05) is 6.07 Å². The molecule has 0 aliphatic rings. The first-order chi connectivity index (χ1) is 6.47. The van der Waals surface area contributed by atoms with Gasteiger partial charge in [-0.25, -0.2) is 13.6 Å². The fourth-order valence-electron chi connectivity index (χ4n) is 1.02. The summed E-state index contributed by atoms with van der Waals surface area (Å²) in [5.74, 6) is -0.0215. The van der Waals surface area contributed by atoms with Crippen LogP contribution >= 0.6 is 0 Å². The van der Waals surface area contributed by atoms with Gasteiger partial charge in [-0.3, -0.25) is 0 Å². The lowest BCUT2D eigenvalue weighted by atomic mass is 10.3. The molecule has 1 aromatic heterocycles. The number of phenols is 1. The first-order valence-electron chi connectivity index (χ1n) is 3.59. The van der Waals surface area contributed by atoms with Crippen molar-refractivity contribution in [2.24, 2.45) is 5.14 Å². The molecule has 0 aliphatic carbocycles. The van der Waals surface area contributed by atoms with Gasteiger partial charge in [-0.1, -0.05) is 0 Å². The van der Waals surface area contributed by atoms with E-state index in [0.29, 0.717) is 0 Å². The summed E-state index contributed by atoms with van der Waals surface area (Å²) in [5.41, 5.74) is 0.501. The Balaban J connectivity index is 2.75. The lowest BCUT2D eigenvalue weighted by Crippen LogP contribution is -2.12. The zero-order valence-electron chi connectivity index (χ0n) is 6.84. The van der Waals surface area contributed by atoms with Gasteiger partial charge < -0.3 is 9.52 Å². The highest BCUT2D eigenvalue weighted by atomic mass is 32.2. The predicted molar refractivity (Wildman–Crippen MR) is 47.0 cm³/mol. The standard InChI is InChI=1S/C7H6N2O4S/c8-14(11,12)7-9-5-3-4(10)1-2-6(5)13-7/h1-3,10H,(H2,8,11,12). The lowest BCUT2D eigenvalue weighted by molar-refractivity contribution is 0.458. The van der Waals surface area contributed by atoms with E-state index in [-0.39, 0.29) is 16.8 Å². The van der Waals surface area contributed by atoms with E-state index in [9.17, 15) is 8.42 Å². The largest absolute Gasteiger partial charge is 0.508 e. The summed E-state index contributed by atoms with van der Waals surface area (Å²) in [5, 5.41) is 13.3. The lowest BCUT2D eigenvalue weighted by Gasteiger charge is -1.87. The average molecular weight is 214 g/mol. The zero-order chi connectivity index (χ0) is 10.3. The van der Waals surface area contributed by atoms with Crippen LogP contribution in [0.4, 0.5) is 0 Å². The van der Waals surface area contributed by atoms with Gasteiger partial charge in [0.2, 0.25) is 0 Å². The van der Waals surface area contributed by atoms with Crippen LogP contribution in [-0.2, 0) is 10.0 Å². The van der Waals surface area contributed by atoms with Gasteiger partial charge >= 0.3 is 5.22 Å². The number of sulfonamides is 1. The Morgan fingerprint density at radius 1 is 1.43 bits per heavy atom. The van der Waals surface area contributed by atoms with Crippen LogP contribution in [0.2, 0.25) is 0 Å². The number of nitrogens with zero attached hydrogens (tertiary/aromatic N) is 1. The van der Waals surface area contributed by atoms with Gasteiger partial charge in [-0.15, -0.1) is 0 Å². The Labute approximate surface area is 79.0 Å². The molecule has 1 heterocycles. The van der Waals surface area contributed by atoms with Crippen LogP contribution in [0, 0.1) is 0 Å². The second-order valence-electron chi connectivity index (χ2n) is 2.68. The number of aromatic hydroxyl groups is 1. The summed E-state index contributed by atoms with van der Waals surface area (Å²) >= 11 is 0. The molecule has 2 rings (SSSR count). The molecule has 0 fully saturated rings. The van der Waals surface area contributed by atoms with Crippen molar-refractivity contribution in [1.82, 2.24) is 4.98 Å². The minimum absolute atomic E-state index is 0.0215. The number of nitrogens with two attached hydrogens (primary N) is 1. The number of hydrogen-bond donors (Lipinski definition) is 2. The van der Waals surface area contributed by atoms with E-state index in [0.717, 1.165) is 0 Å². The summed E-state index contributed by atoms with van der Waals surface area (Å²) in [6.07, 6.45) is 0. The van der Waals surface area contributed by atoms with Crippen molar-refractivity contribution in [2.45, 2.75) is 5.22 Å². The van der Waals surface area contributed by atoms with E-state index >= 15 is 0 Å². The Morgan fingerprint density at radius 2 is 2.14 bits per heavy atom. The van der Waals surface area contributed by atoms with Crippen LogP contribution in [-0.4, -0.2) is 18.5 Å². The number of phenolic OH excluding ortho intramolecular Hbond substituents is 1. The summed E-state index contributed by atoms with van der Waals surface area (Å²) in [4.78, 5) is 3.61. The Morgan fingerprint density at radius 3 is 2.79 bits per heavy atom. The number of hydrogen-bond acceptors (Lipinski definition) is 5. The molecule has 0 spiro atoms. The third-order valence-corrected chi connectivity index (χ3v) is 2.26. The van der Waals surface area contributed by atoms with Gasteiger partial charge in [0.15, 0.2) is 5.58 Å². The Bertz CT molecular complexity index is 587. The number of aromatic nitrogens is 1. The summed E-state index contributed by atoms with van der Waals surface area (Å²) in [6, 6.07) is 4.06. The van der Waals surface area contributed by atoms with Gasteiger partial charge in [-0.2, -0.15) is 4.98 Å². The monoisotopic (exact) mass is 214 g/mol. The maximum absolute atomic E-state index is 10.8. The molecule has 1 aromatic carbocycles. The minimum Gasteiger partial charge on any atom is -0.508 e. The molecule has 0 radical (unpaired) electrons. The number of primary sulfonamides is 1. The van der Waals surface area contributed by atoms with E-state index in [1.54, 1.807) is 0 Å². The molecule has 0 unspecified atom stereocenters. The van der Waals surface area contributed by atoms with Crippen LogP contribution in [0.5, 0.6) is 5.75 Å². The molecule has 0 atom stereocenters. The molecule has 6 nitrogen and oxygen atoms in total. The summed E-state index contributed by atoms with van der Waals surface area (Å²) in [7, 11) is -3.94. The topological polar surface area (TPSA) is 106 Å².